The topological polar surface area (TPSA) is 327 Å². The lowest BCUT2D eigenvalue weighted by molar-refractivity contribution is -0.303. The van der Waals surface area contributed by atoms with Crippen molar-refractivity contribution in [2.24, 2.45) is 23.7 Å². The van der Waals surface area contributed by atoms with Gasteiger partial charge in [-0.1, -0.05) is 68.7 Å². The van der Waals surface area contributed by atoms with Crippen LogP contribution in [0.15, 0.2) is 60.2 Å². The van der Waals surface area contributed by atoms with Crippen molar-refractivity contribution in [1.82, 2.24) is 30.4 Å². The van der Waals surface area contributed by atoms with Gasteiger partial charge in [0.15, 0.2) is 5.82 Å². The van der Waals surface area contributed by atoms with Crippen molar-refractivity contribution >= 4 is 75.4 Å². The predicted octanol–water partition coefficient (Wildman–Crippen LogP) is 7.99. The molecule has 2 bridgehead atoms. The van der Waals surface area contributed by atoms with Crippen LogP contribution in [0, 0.1) is 35.3 Å². The molecule has 28 heteroatoms. The Morgan fingerprint density at radius 2 is 1.49 bits per heavy atom. The lowest BCUT2D eigenvalue weighted by atomic mass is 9.81. The van der Waals surface area contributed by atoms with Gasteiger partial charge in [-0.3, -0.25) is 28.8 Å². The van der Waals surface area contributed by atoms with Crippen molar-refractivity contribution in [3.63, 3.8) is 0 Å². The van der Waals surface area contributed by atoms with Crippen molar-refractivity contribution in [3.8, 4) is 16.9 Å². The maximum absolute atomic E-state index is 16.6. The molecule has 0 unspecified atom stereocenters. The predicted molar refractivity (Wildman–Crippen MR) is 381 cm³/mol. The normalized spacial score (nSPS) is 28.7. The second-order valence-electron chi connectivity index (χ2n) is 28.1. The van der Waals surface area contributed by atoms with Gasteiger partial charge in [-0.2, -0.15) is 4.98 Å². The Morgan fingerprint density at radius 3 is 2.15 bits per heavy atom. The van der Waals surface area contributed by atoms with Crippen LogP contribution in [0.2, 0.25) is 5.02 Å². The third-order valence-electron chi connectivity index (χ3n) is 21.0. The van der Waals surface area contributed by atoms with Crippen LogP contribution < -0.4 is 20.9 Å². The van der Waals surface area contributed by atoms with Crippen molar-refractivity contribution in [2.45, 2.75) is 204 Å². The number of phenolic OH excluding ortho intramolecular Hbond substituents is 1. The number of methoxy groups -OCH3 is 4. The maximum atomic E-state index is 16.6. The molecule has 4 amide bonds. The molecule has 25 nitrogen and oxygen atoms in total. The van der Waals surface area contributed by atoms with E-state index in [0.717, 1.165) is 29.4 Å². The molecule has 5 aliphatic rings. The summed E-state index contributed by atoms with van der Waals surface area (Å²) in [5.74, 6) is -11.7. The number of esters is 1. The van der Waals surface area contributed by atoms with E-state index in [9.17, 15) is 54.0 Å². The van der Waals surface area contributed by atoms with Crippen molar-refractivity contribution in [2.75, 3.05) is 91.0 Å². The van der Waals surface area contributed by atoms with Crippen LogP contribution in [0.1, 0.15) is 143 Å². The zero-order chi connectivity index (χ0) is 74.8. The number of piperazine rings is 1. The summed E-state index contributed by atoms with van der Waals surface area (Å²) in [4.78, 5) is 111. The van der Waals surface area contributed by atoms with Crippen LogP contribution in [0.3, 0.4) is 0 Å². The van der Waals surface area contributed by atoms with E-state index in [1.165, 1.54) is 52.7 Å². The minimum Gasteiger partial charge on any atom is -0.507 e. The number of phenols is 1. The average Bonchev–Trinajstić information content (AvgIpc) is 0.784. The Bertz CT molecular complexity index is 3520. The van der Waals surface area contributed by atoms with E-state index in [0.29, 0.717) is 102 Å². The van der Waals surface area contributed by atoms with Crippen LogP contribution in [-0.4, -0.2) is 223 Å². The highest BCUT2D eigenvalue weighted by atomic mass is 35.5. The van der Waals surface area contributed by atoms with Crippen LogP contribution in [0.4, 0.5) is 20.5 Å². The summed E-state index contributed by atoms with van der Waals surface area (Å²) < 4.78 is 67.9. The number of fused-ring (bicyclic) bond motifs is 4. The Labute approximate surface area is 606 Å². The number of ether oxygens (including phenoxy) is 6. The van der Waals surface area contributed by atoms with Gasteiger partial charge in [0.05, 0.1) is 47.2 Å². The quantitative estimate of drug-likeness (QED) is 0.0147. The van der Waals surface area contributed by atoms with E-state index in [1.807, 2.05) is 24.0 Å². The van der Waals surface area contributed by atoms with Gasteiger partial charge in [-0.05, 0) is 127 Å². The molecule has 3 aromatic rings. The van der Waals surface area contributed by atoms with Gasteiger partial charge >= 0.3 is 5.97 Å². The molecule has 3 saturated heterocycles. The van der Waals surface area contributed by atoms with Gasteiger partial charge in [0.1, 0.15) is 46.9 Å². The fourth-order valence-electron chi connectivity index (χ4n) is 14.9. The Balaban J connectivity index is 0.875. The third kappa shape index (κ3) is 20.7. The van der Waals surface area contributed by atoms with Crippen molar-refractivity contribution in [1.29, 1.82) is 0 Å². The van der Waals surface area contributed by atoms with E-state index in [2.05, 4.69) is 32.5 Å². The number of rotatable bonds is 24. The molecule has 14 atom stereocenters. The molecule has 4 fully saturated rings. The zero-order valence-electron chi connectivity index (χ0n) is 60.6. The van der Waals surface area contributed by atoms with Gasteiger partial charge in [0.25, 0.3) is 11.7 Å². The van der Waals surface area contributed by atoms with Gasteiger partial charge < -0.3 is 79.5 Å². The number of aromatic hydroxyl groups is 1. The van der Waals surface area contributed by atoms with Crippen LogP contribution in [0.25, 0.3) is 22.0 Å². The standard InChI is InChI=1S/C75H105ClF2N8O17/c1-10-63(93)84-31-33-85(34-32-84)71-50-41-51(76)64(65-52(77)20-18-22-55(65)88)66(78)67(50)82-74(83-71)81-29-26-62(92)80-28-15-12-11-14-27-79-61(91)23-17-19-48-35-43(2)36-49(98-6)40-60(101-9)69-59(100-8)38-45(4)75(97,103-69)70(94)72(95)86-30-16-13-21-53(86)73(96)102-68(46(5)56(89)42-57(48)90)44(3)37-47-24-25-54(87)58(39-47)99-7/h10,18,20,22,35,37,41,45-49,53-54,56,58-60,68-69,87-89,97H,1,11-17,19,21,23-34,36,38-40,42H2,2-9H3,(H,79,91)(H,80,92)(H,81,82,83)/b43-35+,44-37+/t45-,46-,47+,48-,49+,53+,54-,56+,58-,59+,60+,68-,69+,75-/m1/s1. The summed E-state index contributed by atoms with van der Waals surface area (Å²) >= 11 is 6.62. The Hall–Kier alpha value is -7.08. The van der Waals surface area contributed by atoms with E-state index in [1.54, 1.807) is 25.7 Å². The molecule has 1 saturated carbocycles. The number of nitrogens with one attached hydrogen (secondary N) is 3. The molecule has 4 aliphatic heterocycles. The number of hydrogen-bond acceptors (Lipinski definition) is 21. The zero-order valence-corrected chi connectivity index (χ0v) is 61.4. The first-order valence-corrected chi connectivity index (χ1v) is 36.6. The summed E-state index contributed by atoms with van der Waals surface area (Å²) in [6.07, 6.45) is 4.65. The average molecular weight is 1460 g/mol. The van der Waals surface area contributed by atoms with Gasteiger partial charge in [0, 0.05) is 135 Å². The summed E-state index contributed by atoms with van der Waals surface area (Å²) in [5, 5.41) is 54.6. The second-order valence-corrected chi connectivity index (χ2v) is 28.6. The first-order valence-electron chi connectivity index (χ1n) is 36.2. The van der Waals surface area contributed by atoms with E-state index < -0.39 is 119 Å². The number of piperidine rings is 1. The van der Waals surface area contributed by atoms with Crippen molar-refractivity contribution < 1.29 is 91.2 Å². The molecule has 1 aromatic heterocycles. The Morgan fingerprint density at radius 1 is 0.806 bits per heavy atom. The fourth-order valence-corrected chi connectivity index (χ4v) is 15.2. The summed E-state index contributed by atoms with van der Waals surface area (Å²) in [7, 11) is 5.99. The number of carbonyl (C=O) groups excluding carboxylic acids is 7. The van der Waals surface area contributed by atoms with Gasteiger partial charge in [-0.25, -0.2) is 18.6 Å². The number of hydrogen-bond donors (Lipinski definition) is 7. The first kappa shape index (κ1) is 81.6. The highest BCUT2D eigenvalue weighted by Crippen LogP contribution is 2.44. The SMILES string of the molecule is C=CC(=O)N1CCN(c2nc(NCCC(=O)NCCCCCCNC(=O)CCC[C@@H]3/C=C(\C)C[C@H](OC)C[C@H](OC)[C@H]4O[C@@](O)(C(=O)C(=O)N5CCCC[C@H]5C(=O)O[C@H](/C(C)=C/[C@@H]5CC[C@@H](O)[C@H](OC)C5)[C@H](C)[C@@H](O)CC3=O)[C@H](C)C[C@@H]4OC)nc3c(F)c(-c4c(O)cccc4F)c(Cl)cc23)CC1. The molecule has 568 valence electrons. The Kier molecular flexibility index (Phi) is 30.3. The van der Waals surface area contributed by atoms with E-state index >= 15 is 8.78 Å². The first-order chi connectivity index (χ1) is 49.2. The highest BCUT2D eigenvalue weighted by Gasteiger charge is 2.57. The number of unbranched alkanes of at least 4 members (excludes halogenated alkanes) is 3. The number of nitrogens with zero attached hydrogens (tertiary/aromatic N) is 5. The number of aromatic nitrogens is 2. The molecule has 103 heavy (non-hydrogen) atoms. The number of carbonyl (C=O) groups is 7. The summed E-state index contributed by atoms with van der Waals surface area (Å²) in [6, 6.07) is 3.75. The molecule has 0 spiro atoms. The monoisotopic (exact) mass is 1460 g/mol. The van der Waals surface area contributed by atoms with Crippen LogP contribution >= 0.6 is 11.6 Å². The van der Waals surface area contributed by atoms with Crippen molar-refractivity contribution in [3.05, 3.63) is 76.9 Å². The minimum atomic E-state index is -2.63. The molecule has 0 radical (unpaired) electrons. The number of halogens is 3. The fraction of sp³-hybridized carbons (Fsp3) is 0.640. The smallest absolute Gasteiger partial charge is 0.329 e. The minimum absolute atomic E-state index is 0.00923. The lowest BCUT2D eigenvalue weighted by Crippen LogP contribution is -2.64. The van der Waals surface area contributed by atoms with Gasteiger partial charge in [0.2, 0.25) is 29.5 Å². The number of allylic oxidation sites excluding steroid dienone is 2. The van der Waals surface area contributed by atoms with Gasteiger partial charge in [-0.15, -0.1) is 0 Å². The number of amides is 4. The number of aliphatic hydroxyl groups is 3. The molecule has 1 aliphatic carbocycles. The molecule has 8 rings (SSSR count). The summed E-state index contributed by atoms with van der Waals surface area (Å²) in [6.45, 7) is 12.6. The second kappa shape index (κ2) is 38.3. The number of ketones is 2. The largest absolute Gasteiger partial charge is 0.507 e. The molecule has 7 N–H and O–H groups in total. The third-order valence-corrected chi connectivity index (χ3v) is 21.3. The lowest BCUT2D eigenvalue weighted by Gasteiger charge is -2.47. The number of benzene rings is 2. The van der Waals surface area contributed by atoms with Crippen LogP contribution in [-0.2, 0) is 62.0 Å². The number of anilines is 2. The summed E-state index contributed by atoms with van der Waals surface area (Å²) in [5.41, 5.74) is 0.310. The number of cyclic esters (lactones) is 1. The number of Topliss-reactive ketones (excluding diaryl/α,β-unsaturated/α-hetero) is 2. The van der Waals surface area contributed by atoms with Crippen LogP contribution in [0.5, 0.6) is 5.75 Å². The maximum Gasteiger partial charge on any atom is 0.329 e. The number of aliphatic hydroxyl groups excluding tert-OH is 2. The highest BCUT2D eigenvalue weighted by molar-refractivity contribution is 6.39. The molecule has 2 aromatic carbocycles. The molecular formula is C75H105ClF2N8O17. The van der Waals surface area contributed by atoms with E-state index in [-0.39, 0.29) is 121 Å². The molecular weight excluding hydrogens is 1360 g/mol. The molecule has 5 heterocycles. The van der Waals surface area contributed by atoms with E-state index in [4.69, 9.17) is 40.0 Å².